The van der Waals surface area contributed by atoms with E-state index in [0.29, 0.717) is 18.6 Å². The summed E-state index contributed by atoms with van der Waals surface area (Å²) < 4.78 is 11.1. The highest BCUT2D eigenvalue weighted by Crippen LogP contribution is 2.30. The van der Waals surface area contributed by atoms with Gasteiger partial charge in [0.1, 0.15) is 11.7 Å². The van der Waals surface area contributed by atoms with E-state index in [9.17, 15) is 9.59 Å². The van der Waals surface area contributed by atoms with Crippen molar-refractivity contribution in [1.29, 1.82) is 0 Å². The first-order valence-corrected chi connectivity index (χ1v) is 11.2. The third kappa shape index (κ3) is 6.80. The summed E-state index contributed by atoms with van der Waals surface area (Å²) in [5.74, 6) is 0.260. The Bertz CT molecular complexity index is 835. The van der Waals surface area contributed by atoms with Gasteiger partial charge >= 0.3 is 12.1 Å². The first kappa shape index (κ1) is 22.2. The minimum atomic E-state index is -0.595. The van der Waals surface area contributed by atoms with Gasteiger partial charge in [-0.3, -0.25) is 4.79 Å². The summed E-state index contributed by atoms with van der Waals surface area (Å²) in [4.78, 5) is 26.0. The summed E-state index contributed by atoms with van der Waals surface area (Å²) in [5, 5.41) is 2.93. The molecule has 0 saturated carbocycles. The quantitative estimate of drug-likeness (QED) is 0.506. The highest BCUT2D eigenvalue weighted by molar-refractivity contribution is 7.99. The van der Waals surface area contributed by atoms with E-state index in [-0.39, 0.29) is 24.0 Å². The summed E-state index contributed by atoms with van der Waals surface area (Å²) in [6.07, 6.45) is 0.260. The SMILES string of the molecule is CC(C)(C)OC(=O)N[C@@H](Cc1ccccc1)[C@@H]1C[C@@H](CSc2ccccc2)C(=O)O1. The minimum absolute atomic E-state index is 0.195. The highest BCUT2D eigenvalue weighted by atomic mass is 32.2. The number of amides is 1. The van der Waals surface area contributed by atoms with Crippen molar-refractivity contribution in [3.63, 3.8) is 0 Å². The number of rotatable bonds is 7. The lowest BCUT2D eigenvalue weighted by molar-refractivity contribution is -0.144. The molecule has 1 heterocycles. The molecule has 6 heteroatoms. The molecule has 1 amide bonds. The number of hydrogen-bond acceptors (Lipinski definition) is 5. The Morgan fingerprint density at radius 2 is 1.77 bits per heavy atom. The van der Waals surface area contributed by atoms with E-state index in [2.05, 4.69) is 5.32 Å². The number of nitrogens with one attached hydrogen (secondary N) is 1. The molecular weight excluding hydrogens is 398 g/mol. The van der Waals surface area contributed by atoms with Crippen molar-refractivity contribution in [1.82, 2.24) is 5.32 Å². The second-order valence-electron chi connectivity index (χ2n) is 8.47. The summed E-state index contributed by atoms with van der Waals surface area (Å²) in [7, 11) is 0. The molecule has 0 spiro atoms. The molecular formula is C24H29NO4S. The smallest absolute Gasteiger partial charge is 0.408 e. The predicted octanol–water partition coefficient (Wildman–Crippen LogP) is 4.85. The molecule has 160 valence electrons. The molecule has 0 bridgehead atoms. The zero-order valence-electron chi connectivity index (χ0n) is 17.7. The minimum Gasteiger partial charge on any atom is -0.460 e. The molecule has 1 N–H and O–H groups in total. The average molecular weight is 428 g/mol. The fraction of sp³-hybridized carbons (Fsp3) is 0.417. The Hall–Kier alpha value is -2.47. The third-order valence-electron chi connectivity index (χ3n) is 4.76. The number of ether oxygens (including phenoxy) is 2. The van der Waals surface area contributed by atoms with Crippen LogP contribution < -0.4 is 5.32 Å². The molecule has 2 aromatic carbocycles. The number of thioether (sulfide) groups is 1. The Kier molecular flexibility index (Phi) is 7.43. The number of carbonyl (C=O) groups is 2. The molecule has 0 unspecified atom stereocenters. The van der Waals surface area contributed by atoms with Crippen molar-refractivity contribution in [2.24, 2.45) is 5.92 Å². The van der Waals surface area contributed by atoms with Crippen LogP contribution in [0.4, 0.5) is 4.79 Å². The van der Waals surface area contributed by atoms with Crippen LogP contribution in [0.1, 0.15) is 32.8 Å². The van der Waals surface area contributed by atoms with E-state index in [1.54, 1.807) is 11.8 Å². The van der Waals surface area contributed by atoms with E-state index in [0.717, 1.165) is 10.5 Å². The van der Waals surface area contributed by atoms with Crippen LogP contribution in [0.5, 0.6) is 0 Å². The summed E-state index contributed by atoms with van der Waals surface area (Å²) in [5.41, 5.74) is 0.472. The van der Waals surface area contributed by atoms with Gasteiger partial charge in [-0.25, -0.2) is 4.79 Å². The molecule has 0 radical (unpaired) electrons. The Labute approximate surface area is 182 Å². The van der Waals surface area contributed by atoms with Gasteiger partial charge in [0, 0.05) is 17.1 Å². The molecule has 1 aliphatic heterocycles. The molecule has 5 nitrogen and oxygen atoms in total. The predicted molar refractivity (Wildman–Crippen MR) is 118 cm³/mol. The van der Waals surface area contributed by atoms with Crippen molar-refractivity contribution in [3.8, 4) is 0 Å². The topological polar surface area (TPSA) is 64.6 Å². The zero-order valence-corrected chi connectivity index (χ0v) is 18.5. The van der Waals surface area contributed by atoms with Crippen LogP contribution in [-0.4, -0.2) is 35.6 Å². The summed E-state index contributed by atoms with van der Waals surface area (Å²) >= 11 is 1.65. The van der Waals surface area contributed by atoms with Crippen molar-refractivity contribution >= 4 is 23.8 Å². The number of esters is 1. The Morgan fingerprint density at radius 1 is 1.13 bits per heavy atom. The van der Waals surface area contributed by atoms with Gasteiger partial charge in [0.2, 0.25) is 0 Å². The lowest BCUT2D eigenvalue weighted by atomic mass is 9.96. The van der Waals surface area contributed by atoms with E-state index in [4.69, 9.17) is 9.47 Å². The first-order chi connectivity index (χ1) is 14.3. The standard InChI is InChI=1S/C24H29NO4S/c1-24(2,3)29-23(27)25-20(14-17-10-6-4-7-11-17)21-15-18(22(26)28-21)16-30-19-12-8-5-9-13-19/h4-13,18,20-21H,14-16H2,1-3H3,(H,25,27)/t18-,20-,21-/m0/s1. The van der Waals surface area contributed by atoms with Gasteiger partial charge in [0.05, 0.1) is 12.0 Å². The maximum atomic E-state index is 12.5. The highest BCUT2D eigenvalue weighted by Gasteiger charge is 2.40. The number of hydrogen-bond donors (Lipinski definition) is 1. The van der Waals surface area contributed by atoms with E-state index >= 15 is 0 Å². The molecule has 3 atom stereocenters. The van der Waals surface area contributed by atoms with E-state index in [1.807, 2.05) is 81.4 Å². The number of carbonyl (C=O) groups excluding carboxylic acids is 2. The molecule has 1 aliphatic rings. The molecule has 2 aromatic rings. The molecule has 3 rings (SSSR count). The first-order valence-electron chi connectivity index (χ1n) is 10.2. The van der Waals surface area contributed by atoms with Gasteiger partial charge in [-0.15, -0.1) is 11.8 Å². The van der Waals surface area contributed by atoms with Crippen LogP contribution in [0.2, 0.25) is 0 Å². The molecule has 30 heavy (non-hydrogen) atoms. The molecule has 0 aliphatic carbocycles. The maximum absolute atomic E-state index is 12.5. The van der Waals surface area contributed by atoms with Crippen molar-refractivity contribution < 1.29 is 19.1 Å². The summed E-state index contributed by atoms with van der Waals surface area (Å²) in [6.45, 7) is 5.47. The fourth-order valence-electron chi connectivity index (χ4n) is 3.37. The van der Waals surface area contributed by atoms with Crippen LogP contribution in [0.3, 0.4) is 0 Å². The Morgan fingerprint density at radius 3 is 2.40 bits per heavy atom. The van der Waals surface area contributed by atoms with Crippen LogP contribution in [-0.2, 0) is 20.7 Å². The van der Waals surface area contributed by atoms with Crippen LogP contribution in [0.25, 0.3) is 0 Å². The summed E-state index contributed by atoms with van der Waals surface area (Å²) in [6, 6.07) is 19.5. The van der Waals surface area contributed by atoms with E-state index in [1.165, 1.54) is 0 Å². The molecule has 0 aromatic heterocycles. The maximum Gasteiger partial charge on any atom is 0.408 e. The zero-order chi connectivity index (χ0) is 21.6. The van der Waals surface area contributed by atoms with Gasteiger partial charge in [0.25, 0.3) is 0 Å². The van der Waals surface area contributed by atoms with Gasteiger partial charge in [-0.05, 0) is 44.9 Å². The van der Waals surface area contributed by atoms with Gasteiger partial charge in [0.15, 0.2) is 0 Å². The van der Waals surface area contributed by atoms with Gasteiger partial charge < -0.3 is 14.8 Å². The average Bonchev–Trinajstić information content (AvgIpc) is 3.07. The lowest BCUT2D eigenvalue weighted by Gasteiger charge is -2.26. The number of cyclic esters (lactones) is 1. The molecule has 1 fully saturated rings. The Balaban J connectivity index is 1.66. The second kappa shape index (κ2) is 10.0. The van der Waals surface area contributed by atoms with Crippen molar-refractivity contribution in [3.05, 3.63) is 66.2 Å². The lowest BCUT2D eigenvalue weighted by Crippen LogP contribution is -2.46. The second-order valence-corrected chi connectivity index (χ2v) is 9.57. The van der Waals surface area contributed by atoms with Gasteiger partial charge in [-0.2, -0.15) is 0 Å². The molecule has 1 saturated heterocycles. The van der Waals surface area contributed by atoms with Gasteiger partial charge in [-0.1, -0.05) is 48.5 Å². The third-order valence-corrected chi connectivity index (χ3v) is 5.94. The monoisotopic (exact) mass is 427 g/mol. The van der Waals surface area contributed by atoms with E-state index < -0.39 is 11.7 Å². The van der Waals surface area contributed by atoms with Crippen LogP contribution in [0, 0.1) is 5.92 Å². The normalized spacial score (nSPS) is 19.8. The largest absolute Gasteiger partial charge is 0.460 e. The van der Waals surface area contributed by atoms with Crippen LogP contribution >= 0.6 is 11.8 Å². The van der Waals surface area contributed by atoms with Crippen LogP contribution in [0.15, 0.2) is 65.6 Å². The number of alkyl carbamates (subject to hydrolysis) is 1. The number of benzene rings is 2. The fourth-order valence-corrected chi connectivity index (χ4v) is 4.38. The van der Waals surface area contributed by atoms with Crippen molar-refractivity contribution in [2.75, 3.05) is 5.75 Å². The van der Waals surface area contributed by atoms with Crippen molar-refractivity contribution in [2.45, 2.75) is 56.3 Å².